The summed E-state index contributed by atoms with van der Waals surface area (Å²) < 4.78 is 4.31. The maximum atomic E-state index is 5.15. The van der Waals surface area contributed by atoms with Crippen molar-refractivity contribution in [2.24, 2.45) is 47.3 Å². The molecule has 6 aromatic carbocycles. The van der Waals surface area contributed by atoms with Gasteiger partial charge in [-0.1, -0.05) is 229 Å². The predicted molar refractivity (Wildman–Crippen MR) is 425 cm³/mol. The summed E-state index contributed by atoms with van der Waals surface area (Å²) in [6.07, 6.45) is 23.3. The Morgan fingerprint density at radius 1 is 0.361 bits per heavy atom. The molecule has 9 aliphatic rings. The molecule has 9 aromatic rings. The normalized spacial score (nSPS) is 27.4. The van der Waals surface area contributed by atoms with Gasteiger partial charge in [-0.2, -0.15) is 0 Å². The van der Waals surface area contributed by atoms with Gasteiger partial charge in [0.2, 0.25) is 0 Å². The number of hydrogen-bond acceptors (Lipinski definition) is 3. The Hall–Kier alpha value is -4.04. The molecule has 9 heteroatoms. The Labute approximate surface area is 646 Å². The van der Waals surface area contributed by atoms with Crippen LogP contribution in [0, 0.1) is 114 Å². The van der Waals surface area contributed by atoms with E-state index in [1.54, 1.807) is 16.7 Å². The monoisotopic (exact) mass is 1450 g/mol. The summed E-state index contributed by atoms with van der Waals surface area (Å²) in [6, 6.07) is 48.8. The van der Waals surface area contributed by atoms with Crippen LogP contribution in [0.1, 0.15) is 174 Å². The average Bonchev–Trinajstić information content (AvgIpc) is 1.59. The van der Waals surface area contributed by atoms with Gasteiger partial charge in [0.15, 0.2) is 0 Å². The maximum Gasteiger partial charge on any atom is 4.00 e. The zero-order valence-electron chi connectivity index (χ0n) is 61.0. The second-order valence-corrected chi connectivity index (χ2v) is 30.7. The summed E-state index contributed by atoms with van der Waals surface area (Å²) in [5, 5.41) is 19.7. The Morgan fingerprint density at radius 2 is 0.722 bits per heavy atom. The van der Waals surface area contributed by atoms with E-state index in [1.165, 1.54) is 140 Å². The molecule has 6 aliphatic carbocycles. The zero-order valence-corrected chi connectivity index (χ0v) is 68.2. The van der Waals surface area contributed by atoms with E-state index in [1.807, 2.05) is 34.0 Å². The fourth-order valence-electron chi connectivity index (χ4n) is 18.7. The number of para-hydroxylation sites is 3. The minimum Gasteiger partial charge on any atom is -0.684 e. The number of allylic oxidation sites excluding steroid dienone is 3. The van der Waals surface area contributed by atoms with Gasteiger partial charge in [0, 0.05) is 28.7 Å². The van der Waals surface area contributed by atoms with Crippen LogP contribution in [0.2, 0.25) is 0 Å². The molecule has 18 rings (SSSR count). The summed E-state index contributed by atoms with van der Waals surface area (Å²) in [5.74, 6) is 8.68. The van der Waals surface area contributed by atoms with Crippen LogP contribution in [0.3, 0.4) is 0 Å². The predicted octanol–water partition coefficient (Wildman–Crippen LogP) is 27.5. The summed E-state index contributed by atoms with van der Waals surface area (Å²) in [4.78, 5) is 4.46. The van der Waals surface area contributed by atoms with Gasteiger partial charge >= 0.3 is 65.2 Å². The zero-order chi connectivity index (χ0) is 57.4. The third kappa shape index (κ3) is 14.4. The average molecular weight is 1450 g/mol. The first-order valence-electron chi connectivity index (χ1n) is 32.6. The Bertz CT molecular complexity index is 4170. The van der Waals surface area contributed by atoms with E-state index in [4.69, 9.17) is 16.0 Å². The van der Waals surface area contributed by atoms with Gasteiger partial charge in [0.1, 0.15) is 0 Å². The van der Waals surface area contributed by atoms with E-state index in [9.17, 15) is 0 Å². The quantitative estimate of drug-likeness (QED) is 0.125. The Kier molecular flexibility index (Phi) is 30.6. The van der Waals surface area contributed by atoms with Crippen LogP contribution < -0.4 is 0 Å². The van der Waals surface area contributed by atoms with Crippen molar-refractivity contribution in [1.82, 2.24) is 0 Å². The van der Waals surface area contributed by atoms with Crippen molar-refractivity contribution < 1.29 is 65.2 Å². The number of rotatable bonds is 3. The number of thiophene rings is 3. The van der Waals surface area contributed by atoms with Crippen molar-refractivity contribution in [1.29, 1.82) is 0 Å². The van der Waals surface area contributed by atoms with Gasteiger partial charge in [-0.25, -0.2) is 0 Å². The van der Waals surface area contributed by atoms with Crippen LogP contribution in [0.15, 0.2) is 146 Å². The van der Waals surface area contributed by atoms with Gasteiger partial charge in [-0.05, 0) is 178 Å². The fourth-order valence-corrected chi connectivity index (χ4v) is 22.3. The molecule has 0 radical (unpaired) electrons. The summed E-state index contributed by atoms with van der Waals surface area (Å²) >= 11 is 5.90. The second kappa shape index (κ2) is 34.8. The van der Waals surface area contributed by atoms with Gasteiger partial charge in [0.05, 0.1) is 0 Å². The molecule has 0 bridgehead atoms. The number of aryl methyl sites for hydroxylation is 3. The van der Waals surface area contributed by atoms with E-state index in [0.29, 0.717) is 94.9 Å². The summed E-state index contributed by atoms with van der Waals surface area (Å²) in [6.45, 7) is 18.0. The molecule has 3 saturated carbocycles. The van der Waals surface area contributed by atoms with Crippen molar-refractivity contribution in [2.45, 2.75) is 141 Å². The van der Waals surface area contributed by atoms with Crippen LogP contribution in [0.5, 0.6) is 0 Å². The molecule has 0 amide bonds. The van der Waals surface area contributed by atoms with E-state index in [2.05, 4.69) is 212 Å². The van der Waals surface area contributed by atoms with Crippen molar-refractivity contribution in [3.8, 4) is 0 Å². The fraction of sp³-hybridized carbons (Fsp3) is 0.352. The third-order valence-electron chi connectivity index (χ3n) is 22.9. The van der Waals surface area contributed by atoms with Gasteiger partial charge in [-0.3, -0.25) is 0 Å². The molecule has 3 nitrogen and oxygen atoms in total. The van der Waals surface area contributed by atoms with E-state index >= 15 is 0 Å². The number of hydrogen-bond donors (Lipinski definition) is 0. The molecule has 3 fully saturated rings. The topological polar surface area (TPSA) is 42.3 Å². The Morgan fingerprint density at radius 3 is 1.16 bits per heavy atom. The minimum atomic E-state index is 0. The molecule has 3 aromatic heterocycles. The van der Waals surface area contributed by atoms with Gasteiger partial charge in [0.25, 0.3) is 0 Å². The van der Waals surface area contributed by atoms with Crippen molar-refractivity contribution in [2.75, 3.05) is 6.54 Å². The SMILES string of the molecule is CC1C(C)C2c3c(sc4ccccc34)C=CC2C1c1cccc2c1[N-]CCC2.CC1CCc2cccc(C3C(C)C(C)C4c5c(sc6ccccc56)C=CC34)c2[N-]1.CC1CCc2cccc(C3C(C)CC4c5c(sc6ccccc56)C=CC43)c2[N-]1.[CH3-].[CH3-].[CH3-].[CH3-].[CH3-].[CH3-].[CH3-].[CH3-].[CH3-].[Ti+4].[Ti+4].[Ti+4]. The first kappa shape index (κ1) is 85.4. The van der Waals surface area contributed by atoms with Crippen LogP contribution in [-0.2, 0) is 84.4 Å². The minimum absolute atomic E-state index is 0. The van der Waals surface area contributed by atoms with E-state index < -0.39 is 0 Å². The van der Waals surface area contributed by atoms with Gasteiger partial charge in [-0.15, -0.1) is 69.7 Å². The van der Waals surface area contributed by atoms with E-state index in [0.717, 1.165) is 6.54 Å². The molecular formula is C88H107N3S3Ti3. The van der Waals surface area contributed by atoms with Crippen molar-refractivity contribution in [3.05, 3.63) is 293 Å². The van der Waals surface area contributed by atoms with Crippen molar-refractivity contribution >= 4 is 99.6 Å². The molecule has 504 valence electrons. The molecule has 0 N–H and O–H groups in total. The molecule has 16 atom stereocenters. The molecule has 3 aliphatic heterocycles. The van der Waals surface area contributed by atoms with E-state index in [-0.39, 0.29) is 132 Å². The standard InChI is InChI=1S/C27H28NS.2C26H26NS.9CH3.3Ti/c1-15-11-12-18-7-6-9-21(27(18)28-15)24-16(2)17(3)25-20(24)13-14-23-26(25)19-8-4-5-10-22(19)29-23;1-15-16(2)24-19(12-13-22-25(24)18-9-3-4-11-21(18)28-22)23(15)20-10-5-7-17-8-6-14-27-26(17)20;1-15-14-21-18(12-13-23-25(21)19-7-3-4-9-22(19)28-23)24(15)20-8-5-6-17-11-10-16(2)27-26(17)20;;;;;;;;;;;;/h4-10,13-17,20,24-25H,11-12H2,1-3H3;3-5,7,9-13,15-16,19,23-24H,6,8,14H2,1-2H3;3-9,12-13,15-16,18,21,24H,10-11,14H2,1-2H3;9*1H3;;;/q12*-1;3*+4. The number of benzene rings is 6. The second-order valence-electron chi connectivity index (χ2n) is 27.4. The van der Waals surface area contributed by atoms with Crippen LogP contribution in [-0.4, -0.2) is 18.6 Å². The smallest absolute Gasteiger partial charge is 0.684 e. The van der Waals surface area contributed by atoms with Crippen LogP contribution in [0.4, 0.5) is 17.1 Å². The molecule has 0 saturated heterocycles. The molecule has 16 unspecified atom stereocenters. The number of fused-ring (bicyclic) bond motifs is 18. The third-order valence-corrected chi connectivity index (χ3v) is 26.4. The van der Waals surface area contributed by atoms with Crippen LogP contribution >= 0.6 is 34.0 Å². The summed E-state index contributed by atoms with van der Waals surface area (Å²) in [5.41, 5.74) is 17.8. The summed E-state index contributed by atoms with van der Waals surface area (Å²) in [7, 11) is 0. The molecule has 6 heterocycles. The molecule has 0 spiro atoms. The molecule has 97 heavy (non-hydrogen) atoms. The Balaban J connectivity index is 0.000000291. The first-order valence-corrected chi connectivity index (χ1v) is 35.1. The van der Waals surface area contributed by atoms with Gasteiger partial charge < -0.3 is 82.8 Å². The van der Waals surface area contributed by atoms with Crippen molar-refractivity contribution in [3.63, 3.8) is 0 Å². The molecular weight excluding hydrogens is 1340 g/mol. The largest absolute Gasteiger partial charge is 4.00 e. The van der Waals surface area contributed by atoms with Crippen LogP contribution in [0.25, 0.3) is 64.4 Å². The number of nitrogens with zero attached hydrogens (tertiary/aromatic N) is 3. The first-order chi connectivity index (χ1) is 41.6. The maximum absolute atomic E-state index is 5.15.